The third-order valence-electron chi connectivity index (χ3n) is 4.99. The number of hydrogen-bond donors (Lipinski definition) is 3. The van der Waals surface area contributed by atoms with Gasteiger partial charge in [-0.2, -0.15) is 0 Å². The van der Waals surface area contributed by atoms with Crippen LogP contribution in [-0.4, -0.2) is 38.1 Å². The van der Waals surface area contributed by atoms with Gasteiger partial charge >= 0.3 is 12.0 Å². The van der Waals surface area contributed by atoms with Gasteiger partial charge in [0.15, 0.2) is 0 Å². The molecule has 0 bridgehead atoms. The Bertz CT molecular complexity index is 795. The van der Waals surface area contributed by atoms with E-state index in [9.17, 15) is 9.59 Å². The average Bonchev–Trinajstić information content (AvgIpc) is 3.13. The fourth-order valence-corrected chi connectivity index (χ4v) is 3.31. The molecule has 2 amide bonds. The summed E-state index contributed by atoms with van der Waals surface area (Å²) in [6, 6.07) is 9.35. The molecule has 8 heteroatoms. The van der Waals surface area contributed by atoms with E-state index in [-0.39, 0.29) is 18.0 Å². The quantitative estimate of drug-likeness (QED) is 0.748. The molecule has 8 nitrogen and oxygen atoms in total. The Hall–Kier alpha value is -2.90. The van der Waals surface area contributed by atoms with Crippen molar-refractivity contribution in [2.45, 2.75) is 51.1 Å². The van der Waals surface area contributed by atoms with Crippen LogP contribution in [0.5, 0.6) is 0 Å². The van der Waals surface area contributed by atoms with Crippen molar-refractivity contribution in [2.75, 3.05) is 0 Å². The molecule has 1 fully saturated rings. The molecule has 1 heterocycles. The zero-order valence-corrected chi connectivity index (χ0v) is 15.6. The van der Waals surface area contributed by atoms with Gasteiger partial charge in [0.05, 0.1) is 23.3 Å². The molecule has 0 unspecified atom stereocenters. The summed E-state index contributed by atoms with van der Waals surface area (Å²) in [5.41, 5.74) is 0.845. The van der Waals surface area contributed by atoms with Crippen molar-refractivity contribution in [1.29, 1.82) is 0 Å². The van der Waals surface area contributed by atoms with Crippen molar-refractivity contribution < 1.29 is 14.7 Å². The Morgan fingerprint density at radius 3 is 2.44 bits per heavy atom. The summed E-state index contributed by atoms with van der Waals surface area (Å²) >= 11 is 0. The van der Waals surface area contributed by atoms with Gasteiger partial charge < -0.3 is 15.7 Å². The minimum Gasteiger partial charge on any atom is -0.481 e. The highest BCUT2D eigenvalue weighted by Crippen LogP contribution is 2.24. The van der Waals surface area contributed by atoms with E-state index < -0.39 is 11.5 Å². The van der Waals surface area contributed by atoms with Crippen molar-refractivity contribution in [1.82, 2.24) is 25.6 Å². The van der Waals surface area contributed by atoms with Gasteiger partial charge in [-0.15, -0.1) is 5.10 Å². The van der Waals surface area contributed by atoms with Crippen LogP contribution in [0.3, 0.4) is 0 Å². The molecule has 1 aliphatic rings. The van der Waals surface area contributed by atoms with Crippen LogP contribution in [0.1, 0.15) is 45.2 Å². The van der Waals surface area contributed by atoms with E-state index in [2.05, 4.69) is 20.9 Å². The second kappa shape index (κ2) is 7.77. The third-order valence-corrected chi connectivity index (χ3v) is 4.99. The largest absolute Gasteiger partial charge is 0.481 e. The van der Waals surface area contributed by atoms with E-state index in [1.165, 1.54) is 0 Å². The van der Waals surface area contributed by atoms with E-state index >= 15 is 0 Å². The Labute approximate surface area is 158 Å². The first kappa shape index (κ1) is 18.9. The number of nitrogens with one attached hydrogen (secondary N) is 2. The van der Waals surface area contributed by atoms with Gasteiger partial charge in [-0.05, 0) is 51.7 Å². The average molecular weight is 371 g/mol. The van der Waals surface area contributed by atoms with E-state index in [0.717, 1.165) is 5.69 Å². The van der Waals surface area contributed by atoms with Crippen molar-refractivity contribution in [2.24, 2.45) is 5.92 Å². The summed E-state index contributed by atoms with van der Waals surface area (Å²) in [5.74, 6) is -1.05. The molecule has 0 atom stereocenters. The first-order valence-corrected chi connectivity index (χ1v) is 9.15. The van der Waals surface area contributed by atoms with Crippen molar-refractivity contribution >= 4 is 12.0 Å². The maximum absolute atomic E-state index is 12.4. The number of carbonyl (C=O) groups excluding carboxylic acids is 1. The van der Waals surface area contributed by atoms with Gasteiger partial charge in [-0.3, -0.25) is 4.79 Å². The Kier molecular flexibility index (Phi) is 5.43. The minimum absolute atomic E-state index is 0.00333. The maximum atomic E-state index is 12.4. The molecule has 3 N–H and O–H groups in total. The molecular formula is C19H25N5O3. The molecule has 0 radical (unpaired) electrons. The van der Waals surface area contributed by atoms with Crippen LogP contribution in [0, 0.1) is 5.92 Å². The van der Waals surface area contributed by atoms with Gasteiger partial charge in [-0.25, -0.2) is 9.48 Å². The van der Waals surface area contributed by atoms with Gasteiger partial charge in [0.25, 0.3) is 0 Å². The van der Waals surface area contributed by atoms with E-state index in [1.807, 2.05) is 44.2 Å². The van der Waals surface area contributed by atoms with Crippen LogP contribution in [-0.2, 0) is 10.3 Å². The molecule has 3 rings (SSSR count). The van der Waals surface area contributed by atoms with Crippen LogP contribution in [0.4, 0.5) is 4.79 Å². The lowest BCUT2D eigenvalue weighted by Crippen LogP contribution is -2.50. The highest BCUT2D eigenvalue weighted by Gasteiger charge is 2.30. The molecule has 0 saturated heterocycles. The molecular weight excluding hydrogens is 346 g/mol. The van der Waals surface area contributed by atoms with E-state index in [1.54, 1.807) is 10.9 Å². The SMILES string of the molecule is CC(C)(NC(=O)NC1CCC(C(=O)O)CC1)c1cn(-c2ccccc2)nn1. The number of benzene rings is 1. The fourth-order valence-electron chi connectivity index (χ4n) is 3.31. The van der Waals surface area contributed by atoms with E-state index in [0.29, 0.717) is 31.4 Å². The molecule has 144 valence electrons. The summed E-state index contributed by atoms with van der Waals surface area (Å²) in [7, 11) is 0. The van der Waals surface area contributed by atoms with Crippen LogP contribution in [0.2, 0.25) is 0 Å². The zero-order chi connectivity index (χ0) is 19.4. The molecule has 0 spiro atoms. The highest BCUT2D eigenvalue weighted by molar-refractivity contribution is 5.75. The molecule has 1 aromatic carbocycles. The number of amides is 2. The smallest absolute Gasteiger partial charge is 0.315 e. The molecule has 1 aliphatic carbocycles. The number of rotatable bonds is 5. The second-order valence-corrected chi connectivity index (χ2v) is 7.49. The Morgan fingerprint density at radius 1 is 1.15 bits per heavy atom. The van der Waals surface area contributed by atoms with Gasteiger partial charge in [0, 0.05) is 6.04 Å². The first-order valence-electron chi connectivity index (χ1n) is 9.15. The van der Waals surface area contributed by atoms with Crippen molar-refractivity contribution in [3.8, 4) is 5.69 Å². The number of carboxylic acid groups (broad SMARTS) is 1. The zero-order valence-electron chi connectivity index (χ0n) is 15.6. The summed E-state index contributed by atoms with van der Waals surface area (Å²) < 4.78 is 1.67. The molecule has 0 aliphatic heterocycles. The fraction of sp³-hybridized carbons (Fsp3) is 0.474. The third kappa shape index (κ3) is 4.64. The van der Waals surface area contributed by atoms with E-state index in [4.69, 9.17) is 5.11 Å². The standard InChI is InChI=1S/C19H25N5O3/c1-19(2,16-12-24(23-22-16)15-6-4-3-5-7-15)21-18(27)20-14-10-8-13(9-11-14)17(25)26/h3-7,12-14H,8-11H2,1-2H3,(H,25,26)(H2,20,21,27). The monoisotopic (exact) mass is 371 g/mol. The van der Waals surface area contributed by atoms with Crippen LogP contribution >= 0.6 is 0 Å². The van der Waals surface area contributed by atoms with Crippen LogP contribution in [0.25, 0.3) is 5.69 Å². The summed E-state index contributed by atoms with van der Waals surface area (Å²) in [5, 5.41) is 23.3. The summed E-state index contributed by atoms with van der Waals surface area (Å²) in [6.45, 7) is 3.74. The lowest BCUT2D eigenvalue weighted by Gasteiger charge is -2.29. The predicted molar refractivity (Wildman–Crippen MR) is 99.4 cm³/mol. The lowest BCUT2D eigenvalue weighted by molar-refractivity contribution is -0.142. The summed E-state index contributed by atoms with van der Waals surface area (Å²) in [6.07, 6.45) is 4.34. The molecule has 27 heavy (non-hydrogen) atoms. The number of carbonyl (C=O) groups is 2. The first-order chi connectivity index (χ1) is 12.8. The number of para-hydroxylation sites is 1. The predicted octanol–water partition coefficient (Wildman–Crippen LogP) is 2.45. The number of carboxylic acids is 1. The summed E-state index contributed by atoms with van der Waals surface area (Å²) in [4.78, 5) is 23.4. The number of aromatic nitrogens is 3. The number of hydrogen-bond acceptors (Lipinski definition) is 4. The highest BCUT2D eigenvalue weighted by atomic mass is 16.4. The molecule has 1 aromatic heterocycles. The number of aliphatic carboxylic acids is 1. The Morgan fingerprint density at radius 2 is 1.81 bits per heavy atom. The number of nitrogens with zero attached hydrogens (tertiary/aromatic N) is 3. The minimum atomic E-state index is -0.750. The lowest BCUT2D eigenvalue weighted by atomic mass is 9.86. The molecule has 2 aromatic rings. The van der Waals surface area contributed by atoms with Crippen LogP contribution in [0.15, 0.2) is 36.5 Å². The van der Waals surface area contributed by atoms with Crippen molar-refractivity contribution in [3.05, 3.63) is 42.2 Å². The van der Waals surface area contributed by atoms with Crippen molar-refractivity contribution in [3.63, 3.8) is 0 Å². The molecule has 1 saturated carbocycles. The number of urea groups is 1. The topological polar surface area (TPSA) is 109 Å². The van der Waals surface area contributed by atoms with Crippen LogP contribution < -0.4 is 10.6 Å². The second-order valence-electron chi connectivity index (χ2n) is 7.49. The van der Waals surface area contributed by atoms with Gasteiger partial charge in [0.1, 0.15) is 5.69 Å². The maximum Gasteiger partial charge on any atom is 0.315 e. The Balaban J connectivity index is 1.57. The van der Waals surface area contributed by atoms with Gasteiger partial charge in [-0.1, -0.05) is 23.4 Å². The van der Waals surface area contributed by atoms with Gasteiger partial charge in [0.2, 0.25) is 0 Å². The normalized spacial score (nSPS) is 20.1.